The first kappa shape index (κ1) is 20.7. The van der Waals surface area contributed by atoms with Crippen LogP contribution in [0.3, 0.4) is 0 Å². The Kier molecular flexibility index (Phi) is 5.55. The summed E-state index contributed by atoms with van der Waals surface area (Å²) in [6.45, 7) is 0. The van der Waals surface area contributed by atoms with E-state index in [4.69, 9.17) is 0 Å². The van der Waals surface area contributed by atoms with Gasteiger partial charge >= 0.3 is 0 Å². The van der Waals surface area contributed by atoms with Crippen LogP contribution in [0.5, 0.6) is 11.5 Å². The number of para-hydroxylation sites is 2. The minimum atomic E-state index is -0.183. The standard InChI is InChI=1S/C25H26N2O4/c1-26-20-14-8-6-10-16(20)22(28)18(24(26)30)12-4-3-5-13-19-23(29)17-11-7-9-15-21(17)27(2)25(19)31/h6-11,14-15,28-29H,3-5,12-13H2,1-2H3. The van der Waals surface area contributed by atoms with Gasteiger partial charge in [0.1, 0.15) is 11.5 Å². The van der Waals surface area contributed by atoms with Crippen LogP contribution in [0.1, 0.15) is 30.4 Å². The lowest BCUT2D eigenvalue weighted by molar-refractivity contribution is 0.467. The first-order valence-electron chi connectivity index (χ1n) is 10.5. The van der Waals surface area contributed by atoms with E-state index in [2.05, 4.69) is 0 Å². The van der Waals surface area contributed by atoms with Crippen LogP contribution in [-0.2, 0) is 26.9 Å². The predicted molar refractivity (Wildman–Crippen MR) is 123 cm³/mol. The van der Waals surface area contributed by atoms with E-state index in [-0.39, 0.29) is 22.6 Å². The smallest absolute Gasteiger partial charge is 0.257 e. The van der Waals surface area contributed by atoms with Gasteiger partial charge in [0.2, 0.25) is 0 Å². The molecule has 0 saturated heterocycles. The van der Waals surface area contributed by atoms with Crippen LogP contribution >= 0.6 is 0 Å². The average Bonchev–Trinajstić information content (AvgIpc) is 2.79. The number of hydrogen-bond acceptors (Lipinski definition) is 4. The highest BCUT2D eigenvalue weighted by Crippen LogP contribution is 2.28. The SMILES string of the molecule is Cn1c(=O)c(CCCCCc2c(O)c3ccccc3n(C)c2=O)c(O)c2ccccc21. The van der Waals surface area contributed by atoms with Gasteiger partial charge < -0.3 is 19.3 Å². The quantitative estimate of drug-likeness (QED) is 0.467. The van der Waals surface area contributed by atoms with Crippen LogP contribution in [0.2, 0.25) is 0 Å². The van der Waals surface area contributed by atoms with E-state index in [9.17, 15) is 19.8 Å². The molecule has 0 saturated carbocycles. The molecule has 0 bridgehead atoms. The molecular weight excluding hydrogens is 392 g/mol. The van der Waals surface area contributed by atoms with Crippen LogP contribution < -0.4 is 11.1 Å². The fourth-order valence-electron chi connectivity index (χ4n) is 4.32. The molecule has 0 aliphatic carbocycles. The molecule has 2 aromatic heterocycles. The minimum Gasteiger partial charge on any atom is -0.507 e. The highest BCUT2D eigenvalue weighted by molar-refractivity contribution is 5.87. The molecule has 4 rings (SSSR count). The molecule has 0 aliphatic heterocycles. The first-order valence-corrected chi connectivity index (χ1v) is 10.5. The number of aromatic nitrogens is 2. The number of rotatable bonds is 6. The molecule has 0 amide bonds. The summed E-state index contributed by atoms with van der Waals surface area (Å²) >= 11 is 0. The molecule has 6 nitrogen and oxygen atoms in total. The second-order valence-corrected chi connectivity index (χ2v) is 7.98. The maximum absolute atomic E-state index is 12.7. The Balaban J connectivity index is 1.48. The predicted octanol–water partition coefficient (Wildman–Crippen LogP) is 3.76. The Morgan fingerprint density at radius 1 is 0.645 bits per heavy atom. The van der Waals surface area contributed by atoms with Gasteiger partial charge in [-0.2, -0.15) is 0 Å². The minimum absolute atomic E-state index is 0.0553. The Morgan fingerprint density at radius 3 is 1.45 bits per heavy atom. The van der Waals surface area contributed by atoms with Gasteiger partial charge in [-0.05, 0) is 49.9 Å². The molecule has 6 heteroatoms. The van der Waals surface area contributed by atoms with Crippen molar-refractivity contribution in [1.29, 1.82) is 0 Å². The van der Waals surface area contributed by atoms with Crippen molar-refractivity contribution in [2.75, 3.05) is 0 Å². The summed E-state index contributed by atoms with van der Waals surface area (Å²) in [5, 5.41) is 22.5. The lowest BCUT2D eigenvalue weighted by atomic mass is 10.0. The molecular formula is C25H26N2O4. The molecule has 160 valence electrons. The molecule has 0 unspecified atom stereocenters. The average molecular weight is 418 g/mol. The molecule has 0 spiro atoms. The molecule has 2 N–H and O–H groups in total. The molecule has 0 atom stereocenters. The van der Waals surface area contributed by atoms with Gasteiger partial charge in [0.15, 0.2) is 0 Å². The van der Waals surface area contributed by atoms with E-state index < -0.39 is 0 Å². The van der Waals surface area contributed by atoms with Gasteiger partial charge in [0.25, 0.3) is 11.1 Å². The molecule has 2 aromatic carbocycles. The molecule has 2 heterocycles. The Labute approximate surface area is 179 Å². The number of unbranched alkanes of at least 4 members (excludes halogenated alkanes) is 2. The van der Waals surface area contributed by atoms with Gasteiger partial charge in [0, 0.05) is 24.9 Å². The zero-order chi connectivity index (χ0) is 22.1. The van der Waals surface area contributed by atoms with Gasteiger partial charge in [-0.25, -0.2) is 0 Å². The summed E-state index contributed by atoms with van der Waals surface area (Å²) in [6, 6.07) is 14.6. The van der Waals surface area contributed by atoms with Crippen LogP contribution in [0.25, 0.3) is 21.8 Å². The normalized spacial score (nSPS) is 11.4. The fourth-order valence-corrected chi connectivity index (χ4v) is 4.32. The Bertz CT molecular complexity index is 1290. The second-order valence-electron chi connectivity index (χ2n) is 7.98. The number of nitrogens with zero attached hydrogens (tertiary/aromatic N) is 2. The third-order valence-electron chi connectivity index (χ3n) is 6.09. The highest BCUT2D eigenvalue weighted by Gasteiger charge is 2.15. The lowest BCUT2D eigenvalue weighted by Crippen LogP contribution is -2.22. The van der Waals surface area contributed by atoms with Crippen molar-refractivity contribution in [3.8, 4) is 11.5 Å². The summed E-state index contributed by atoms with van der Waals surface area (Å²) < 4.78 is 3.14. The van der Waals surface area contributed by atoms with E-state index >= 15 is 0 Å². The topological polar surface area (TPSA) is 84.5 Å². The van der Waals surface area contributed by atoms with E-state index in [0.717, 1.165) is 6.42 Å². The summed E-state index contributed by atoms with van der Waals surface area (Å²) in [4.78, 5) is 25.3. The van der Waals surface area contributed by atoms with E-state index in [1.165, 1.54) is 0 Å². The van der Waals surface area contributed by atoms with E-state index in [0.29, 0.717) is 58.6 Å². The van der Waals surface area contributed by atoms with Crippen molar-refractivity contribution in [3.05, 3.63) is 80.4 Å². The molecule has 0 fully saturated rings. The zero-order valence-corrected chi connectivity index (χ0v) is 17.8. The number of pyridine rings is 2. The summed E-state index contributed by atoms with van der Waals surface area (Å²) in [5.74, 6) is 0.111. The number of fused-ring (bicyclic) bond motifs is 2. The third-order valence-corrected chi connectivity index (χ3v) is 6.09. The number of hydrogen-bond donors (Lipinski definition) is 2. The van der Waals surface area contributed by atoms with Crippen molar-refractivity contribution < 1.29 is 10.2 Å². The summed E-state index contributed by atoms with van der Waals surface area (Å²) in [5.41, 5.74) is 1.89. The lowest BCUT2D eigenvalue weighted by Gasteiger charge is -2.12. The first-order chi connectivity index (χ1) is 14.9. The molecule has 0 radical (unpaired) electrons. The molecule has 4 aromatic rings. The monoisotopic (exact) mass is 418 g/mol. The van der Waals surface area contributed by atoms with Gasteiger partial charge in [-0.15, -0.1) is 0 Å². The van der Waals surface area contributed by atoms with E-state index in [1.807, 2.05) is 48.5 Å². The third kappa shape index (κ3) is 3.58. The summed E-state index contributed by atoms with van der Waals surface area (Å²) in [7, 11) is 3.43. The van der Waals surface area contributed by atoms with Crippen LogP contribution in [-0.4, -0.2) is 19.3 Å². The van der Waals surface area contributed by atoms with Crippen molar-refractivity contribution in [2.45, 2.75) is 32.1 Å². The van der Waals surface area contributed by atoms with Gasteiger partial charge in [0.05, 0.1) is 22.2 Å². The maximum Gasteiger partial charge on any atom is 0.257 e. The van der Waals surface area contributed by atoms with Gasteiger partial charge in [-0.3, -0.25) is 9.59 Å². The van der Waals surface area contributed by atoms with Gasteiger partial charge in [-0.1, -0.05) is 30.7 Å². The summed E-state index contributed by atoms with van der Waals surface area (Å²) in [6.07, 6.45) is 3.10. The highest BCUT2D eigenvalue weighted by atomic mass is 16.3. The maximum atomic E-state index is 12.7. The zero-order valence-electron chi connectivity index (χ0n) is 17.8. The molecule has 0 aliphatic rings. The number of aryl methyl sites for hydroxylation is 2. The van der Waals surface area contributed by atoms with Crippen LogP contribution in [0, 0.1) is 0 Å². The molecule has 31 heavy (non-hydrogen) atoms. The fraction of sp³-hybridized carbons (Fsp3) is 0.280. The van der Waals surface area contributed by atoms with Crippen molar-refractivity contribution in [1.82, 2.24) is 9.13 Å². The van der Waals surface area contributed by atoms with Crippen LogP contribution in [0.4, 0.5) is 0 Å². The second kappa shape index (κ2) is 8.30. The number of aromatic hydroxyl groups is 2. The Morgan fingerprint density at radius 2 is 1.03 bits per heavy atom. The van der Waals surface area contributed by atoms with Crippen molar-refractivity contribution in [2.24, 2.45) is 14.1 Å². The number of benzene rings is 2. The van der Waals surface area contributed by atoms with Crippen molar-refractivity contribution in [3.63, 3.8) is 0 Å². The van der Waals surface area contributed by atoms with E-state index in [1.54, 1.807) is 23.2 Å². The van der Waals surface area contributed by atoms with Crippen molar-refractivity contribution >= 4 is 21.8 Å². The Hall–Kier alpha value is -3.54. The van der Waals surface area contributed by atoms with Crippen LogP contribution in [0.15, 0.2) is 58.1 Å². The largest absolute Gasteiger partial charge is 0.507 e.